The number of carbonyl (C=O) groups is 1. The van der Waals surface area contributed by atoms with Crippen molar-refractivity contribution in [3.63, 3.8) is 0 Å². The van der Waals surface area contributed by atoms with Crippen LogP contribution in [0.4, 0.5) is 0 Å². The van der Waals surface area contributed by atoms with Gasteiger partial charge >= 0.3 is 5.97 Å². The molecule has 2 aromatic carbocycles. The average molecular weight is 427 g/mol. The molecular formula is C23H26N2O4S. The van der Waals surface area contributed by atoms with E-state index >= 15 is 0 Å². The summed E-state index contributed by atoms with van der Waals surface area (Å²) in [5.41, 5.74) is 3.13. The Morgan fingerprint density at radius 3 is 2.60 bits per heavy atom. The molecule has 2 aromatic rings. The molecule has 6 nitrogen and oxygen atoms in total. The summed E-state index contributed by atoms with van der Waals surface area (Å²) in [6, 6.07) is 15.1. The van der Waals surface area contributed by atoms with Gasteiger partial charge in [-0.3, -0.25) is 0 Å². The van der Waals surface area contributed by atoms with Gasteiger partial charge in [0.1, 0.15) is 12.6 Å². The summed E-state index contributed by atoms with van der Waals surface area (Å²) in [6.45, 7) is 4.39. The first-order valence-corrected chi connectivity index (χ1v) is 10.9. The van der Waals surface area contributed by atoms with Gasteiger partial charge in [0.05, 0.1) is 19.3 Å². The van der Waals surface area contributed by atoms with E-state index in [2.05, 4.69) is 5.32 Å². The zero-order chi connectivity index (χ0) is 21.5. The van der Waals surface area contributed by atoms with Crippen molar-refractivity contribution >= 4 is 22.9 Å². The number of methoxy groups -OCH3 is 1. The number of thioether (sulfide) groups is 1. The number of carbonyl (C=O) groups excluding carboxylic acids is 1. The highest BCUT2D eigenvalue weighted by Gasteiger charge is 2.30. The van der Waals surface area contributed by atoms with Crippen molar-refractivity contribution in [1.82, 2.24) is 5.32 Å². The number of esters is 1. The van der Waals surface area contributed by atoms with Crippen LogP contribution in [0.3, 0.4) is 0 Å². The minimum atomic E-state index is -0.482. The normalized spacial score (nSPS) is 15.9. The minimum absolute atomic E-state index is 0.303. The first-order valence-electron chi connectivity index (χ1n) is 9.68. The zero-order valence-corrected chi connectivity index (χ0v) is 18.4. The Bertz CT molecular complexity index is 957. The van der Waals surface area contributed by atoms with Crippen LogP contribution in [-0.4, -0.2) is 31.1 Å². The van der Waals surface area contributed by atoms with Crippen LogP contribution >= 0.6 is 11.8 Å². The summed E-state index contributed by atoms with van der Waals surface area (Å²) < 4.78 is 16.8. The third-order valence-electron chi connectivity index (χ3n) is 4.65. The van der Waals surface area contributed by atoms with E-state index in [1.54, 1.807) is 14.0 Å². The lowest BCUT2D eigenvalue weighted by atomic mass is 9.96. The first-order chi connectivity index (χ1) is 14.6. The van der Waals surface area contributed by atoms with E-state index in [1.807, 2.05) is 61.7 Å². The van der Waals surface area contributed by atoms with Crippen LogP contribution in [0.5, 0.6) is 11.5 Å². The number of allylic oxidation sites excluding steroid dienone is 1. The van der Waals surface area contributed by atoms with Crippen LogP contribution in [-0.2, 0) is 16.1 Å². The highest BCUT2D eigenvalue weighted by atomic mass is 32.2. The number of hydrogen-bond donors (Lipinski definition) is 1. The molecule has 0 aromatic heterocycles. The van der Waals surface area contributed by atoms with Crippen LogP contribution in [0.15, 0.2) is 64.8 Å². The minimum Gasteiger partial charge on any atom is -0.493 e. The number of ether oxygens (including phenoxy) is 3. The van der Waals surface area contributed by atoms with Crippen LogP contribution in [0.2, 0.25) is 0 Å². The van der Waals surface area contributed by atoms with Crippen LogP contribution < -0.4 is 14.8 Å². The third kappa shape index (κ3) is 4.97. The second kappa shape index (κ2) is 10.2. The number of amidine groups is 1. The number of benzene rings is 2. The molecule has 1 atom stereocenters. The molecule has 0 saturated heterocycles. The number of aliphatic imine (C=N–C) groups is 1. The van der Waals surface area contributed by atoms with E-state index in [4.69, 9.17) is 19.2 Å². The number of hydrogen-bond acceptors (Lipinski definition) is 7. The van der Waals surface area contributed by atoms with Crippen molar-refractivity contribution in [2.24, 2.45) is 4.99 Å². The van der Waals surface area contributed by atoms with Gasteiger partial charge < -0.3 is 19.5 Å². The van der Waals surface area contributed by atoms with Crippen LogP contribution in [0.1, 0.15) is 31.0 Å². The Labute approximate surface area is 181 Å². The maximum atomic E-state index is 12.6. The number of nitrogens with zero attached hydrogens (tertiary/aromatic N) is 1. The van der Waals surface area contributed by atoms with Crippen molar-refractivity contribution in [3.05, 3.63) is 70.9 Å². The van der Waals surface area contributed by atoms with E-state index < -0.39 is 6.04 Å². The largest absolute Gasteiger partial charge is 0.493 e. The van der Waals surface area contributed by atoms with Crippen molar-refractivity contribution in [2.75, 3.05) is 20.0 Å². The molecule has 7 heteroatoms. The Kier molecular flexibility index (Phi) is 7.41. The average Bonchev–Trinajstić information content (AvgIpc) is 2.77. The summed E-state index contributed by atoms with van der Waals surface area (Å²) in [7, 11) is 1.60. The molecule has 1 aliphatic heterocycles. The topological polar surface area (TPSA) is 69.2 Å². The van der Waals surface area contributed by atoms with E-state index in [0.29, 0.717) is 30.3 Å². The molecule has 1 N–H and O–H groups in total. The molecule has 158 valence electrons. The second-order valence-electron chi connectivity index (χ2n) is 6.61. The van der Waals surface area contributed by atoms with E-state index in [0.717, 1.165) is 22.0 Å². The van der Waals surface area contributed by atoms with Gasteiger partial charge in [0, 0.05) is 5.70 Å². The highest BCUT2D eigenvalue weighted by molar-refractivity contribution is 8.13. The Morgan fingerprint density at radius 2 is 1.93 bits per heavy atom. The zero-order valence-electron chi connectivity index (χ0n) is 17.6. The Morgan fingerprint density at radius 1 is 1.17 bits per heavy atom. The molecular weight excluding hydrogens is 400 g/mol. The molecule has 0 unspecified atom stereocenters. The molecule has 0 amide bonds. The Balaban J connectivity index is 1.91. The lowest BCUT2D eigenvalue weighted by Crippen LogP contribution is -2.30. The molecule has 1 heterocycles. The van der Waals surface area contributed by atoms with E-state index in [1.165, 1.54) is 11.8 Å². The van der Waals surface area contributed by atoms with E-state index in [9.17, 15) is 4.79 Å². The van der Waals surface area contributed by atoms with Crippen molar-refractivity contribution in [3.8, 4) is 11.5 Å². The van der Waals surface area contributed by atoms with Crippen molar-refractivity contribution in [1.29, 1.82) is 0 Å². The molecule has 3 rings (SSSR count). The third-order valence-corrected chi connectivity index (χ3v) is 5.24. The maximum Gasteiger partial charge on any atom is 0.338 e. The number of rotatable bonds is 7. The van der Waals surface area contributed by atoms with Crippen molar-refractivity contribution in [2.45, 2.75) is 26.5 Å². The predicted molar refractivity (Wildman–Crippen MR) is 120 cm³/mol. The summed E-state index contributed by atoms with van der Waals surface area (Å²) in [5.74, 6) is 0.843. The molecule has 0 saturated carbocycles. The summed E-state index contributed by atoms with van der Waals surface area (Å²) >= 11 is 1.49. The van der Waals surface area contributed by atoms with Crippen LogP contribution in [0, 0.1) is 0 Å². The molecule has 0 bridgehead atoms. The standard InChI is InChI=1S/C23H26N2O4S/c1-5-28-22(26)20-15(2)24-23(30-4)25-21(20)17-11-12-18(19(13-17)27-3)29-14-16-9-7-6-8-10-16/h6-13,21H,5,14H2,1-4H3,(H,24,25)/t21-/m0/s1. The van der Waals surface area contributed by atoms with Gasteiger partial charge in [-0.15, -0.1) is 0 Å². The lowest BCUT2D eigenvalue weighted by molar-refractivity contribution is -0.138. The summed E-state index contributed by atoms with van der Waals surface area (Å²) in [4.78, 5) is 17.3. The van der Waals surface area contributed by atoms with Gasteiger partial charge in [0.2, 0.25) is 0 Å². The second-order valence-corrected chi connectivity index (χ2v) is 7.40. The van der Waals surface area contributed by atoms with Gasteiger partial charge in [-0.05, 0) is 43.4 Å². The van der Waals surface area contributed by atoms with Gasteiger partial charge in [-0.1, -0.05) is 48.2 Å². The predicted octanol–water partition coefficient (Wildman–Crippen LogP) is 4.47. The fraction of sp³-hybridized carbons (Fsp3) is 0.304. The SMILES string of the molecule is CCOC(=O)C1=C(C)NC(SC)=N[C@H]1c1ccc(OCc2ccccc2)c(OC)c1. The fourth-order valence-corrected chi connectivity index (χ4v) is 3.64. The fourth-order valence-electron chi connectivity index (χ4n) is 3.17. The molecule has 1 aliphatic rings. The quantitative estimate of drug-likeness (QED) is 0.659. The molecule has 0 fully saturated rings. The summed E-state index contributed by atoms with van der Waals surface area (Å²) in [5, 5.41) is 3.91. The van der Waals surface area contributed by atoms with Gasteiger partial charge in [-0.2, -0.15) is 0 Å². The monoisotopic (exact) mass is 426 g/mol. The summed E-state index contributed by atoms with van der Waals surface area (Å²) in [6.07, 6.45) is 1.94. The van der Waals surface area contributed by atoms with Crippen LogP contribution in [0.25, 0.3) is 0 Å². The van der Waals surface area contributed by atoms with E-state index in [-0.39, 0.29) is 5.97 Å². The molecule has 0 aliphatic carbocycles. The highest BCUT2D eigenvalue weighted by Crippen LogP contribution is 2.37. The molecule has 0 spiro atoms. The first kappa shape index (κ1) is 21.8. The maximum absolute atomic E-state index is 12.6. The van der Waals surface area contributed by atoms with Gasteiger partial charge in [0.25, 0.3) is 0 Å². The number of nitrogens with one attached hydrogen (secondary N) is 1. The molecule has 0 radical (unpaired) electrons. The van der Waals surface area contributed by atoms with Crippen molar-refractivity contribution < 1.29 is 19.0 Å². The smallest absolute Gasteiger partial charge is 0.338 e. The van der Waals surface area contributed by atoms with Gasteiger partial charge in [0.15, 0.2) is 16.7 Å². The van der Waals surface area contributed by atoms with Gasteiger partial charge in [-0.25, -0.2) is 9.79 Å². The Hall–Kier alpha value is -2.93. The molecule has 30 heavy (non-hydrogen) atoms. The lowest BCUT2D eigenvalue weighted by Gasteiger charge is -2.25.